The molecule has 13 heteroatoms. The van der Waals surface area contributed by atoms with Gasteiger partial charge in [0.1, 0.15) is 23.6 Å². The molecule has 4 aromatic rings. The summed E-state index contributed by atoms with van der Waals surface area (Å²) in [4.78, 5) is 35.8. The first-order valence-corrected chi connectivity index (χ1v) is 16.7. The van der Waals surface area contributed by atoms with E-state index in [4.69, 9.17) is 9.97 Å². The summed E-state index contributed by atoms with van der Waals surface area (Å²) in [6.45, 7) is 3.11. The Kier molecular flexibility index (Phi) is 7.30. The number of pyridine rings is 1. The van der Waals surface area contributed by atoms with E-state index >= 15 is 4.39 Å². The minimum absolute atomic E-state index is 0.117. The molecule has 2 saturated carbocycles. The van der Waals surface area contributed by atoms with Crippen molar-refractivity contribution < 1.29 is 27.2 Å². The van der Waals surface area contributed by atoms with Gasteiger partial charge in [-0.1, -0.05) is 12.8 Å². The Morgan fingerprint density at radius 3 is 2.68 bits per heavy atom. The Morgan fingerprint density at radius 2 is 1.89 bits per heavy atom. The topological polar surface area (TPSA) is 106 Å². The molecule has 8 rings (SSSR count). The van der Waals surface area contributed by atoms with Gasteiger partial charge in [0.25, 0.3) is 11.8 Å². The Labute approximate surface area is 268 Å². The molecule has 0 spiro atoms. The third-order valence-corrected chi connectivity index (χ3v) is 10.3. The number of amides is 2. The van der Waals surface area contributed by atoms with Gasteiger partial charge in [0, 0.05) is 36.5 Å². The first-order valence-electron chi connectivity index (χ1n) is 16.7. The molecule has 2 aliphatic heterocycles. The van der Waals surface area contributed by atoms with Crippen LogP contribution in [0.25, 0.3) is 33.6 Å². The Hall–Kier alpha value is -4.00. The van der Waals surface area contributed by atoms with Crippen LogP contribution in [0.15, 0.2) is 30.3 Å². The van der Waals surface area contributed by atoms with Gasteiger partial charge in [-0.25, -0.2) is 27.5 Å². The average molecular weight is 652 g/mol. The van der Waals surface area contributed by atoms with Gasteiger partial charge >= 0.3 is 0 Å². The molecule has 2 amide bonds. The van der Waals surface area contributed by atoms with E-state index in [1.165, 1.54) is 12.1 Å². The molecule has 9 nitrogen and oxygen atoms in total. The standard InChI is InChI=1S/C34H37F4N7O2/c1-17-24-9-6-18-13-28(44(30(18)41-24)12-4-2-3-5-21-29(33(47)40-17)34(21,37)38)31-42-25-14-20(23(36)15-27(25)45(31)19-7-8-19)32(46)43-26-16-39-11-10-22(26)35/h6,9,13-15,17,19,21-22,26,29,39H,2-5,7-8,10-12,16H2,1H3,(H,40,47)(H,43,46)/t17-,21+,22+,26+,29-/m1/s1. The van der Waals surface area contributed by atoms with Crippen molar-refractivity contribution in [2.45, 2.75) is 88.6 Å². The van der Waals surface area contributed by atoms with E-state index in [1.807, 2.05) is 16.7 Å². The largest absolute Gasteiger partial charge is 0.348 e. The van der Waals surface area contributed by atoms with Crippen LogP contribution in [0.2, 0.25) is 0 Å². The van der Waals surface area contributed by atoms with Crippen LogP contribution < -0.4 is 16.0 Å². The summed E-state index contributed by atoms with van der Waals surface area (Å²) in [5.74, 6) is -6.60. The van der Waals surface area contributed by atoms with Gasteiger partial charge in [0.2, 0.25) is 5.91 Å². The maximum absolute atomic E-state index is 15.6. The smallest absolute Gasteiger partial charge is 0.263 e. The van der Waals surface area contributed by atoms with Gasteiger partial charge in [0.15, 0.2) is 5.82 Å². The quantitative estimate of drug-likeness (QED) is 0.250. The van der Waals surface area contributed by atoms with E-state index in [9.17, 15) is 22.8 Å². The van der Waals surface area contributed by atoms with Crippen molar-refractivity contribution in [3.8, 4) is 11.5 Å². The van der Waals surface area contributed by atoms with E-state index in [-0.39, 0.29) is 24.6 Å². The van der Waals surface area contributed by atoms with Crippen molar-refractivity contribution in [2.24, 2.45) is 11.8 Å². The summed E-state index contributed by atoms with van der Waals surface area (Å²) in [5.41, 5.74) is 2.88. The molecule has 3 aromatic heterocycles. The van der Waals surface area contributed by atoms with Gasteiger partial charge in [-0.3, -0.25) is 9.59 Å². The Balaban J connectivity index is 1.18. The number of piperidine rings is 1. The third kappa shape index (κ3) is 5.26. The van der Waals surface area contributed by atoms with Crippen LogP contribution in [0.4, 0.5) is 17.6 Å². The van der Waals surface area contributed by atoms with Gasteiger partial charge in [-0.15, -0.1) is 0 Å². The number of aromatic nitrogens is 4. The van der Waals surface area contributed by atoms with Crippen LogP contribution in [0.5, 0.6) is 0 Å². The highest BCUT2D eigenvalue weighted by Crippen LogP contribution is 2.58. The molecule has 5 atom stereocenters. The molecule has 248 valence electrons. The van der Waals surface area contributed by atoms with E-state index in [2.05, 4.69) is 20.5 Å². The van der Waals surface area contributed by atoms with E-state index in [0.717, 1.165) is 23.9 Å². The van der Waals surface area contributed by atoms with Crippen LogP contribution >= 0.6 is 0 Å². The van der Waals surface area contributed by atoms with E-state index in [1.54, 1.807) is 13.0 Å². The van der Waals surface area contributed by atoms with Crippen molar-refractivity contribution in [3.05, 3.63) is 47.4 Å². The molecular weight excluding hydrogens is 614 g/mol. The minimum atomic E-state index is -2.98. The first kappa shape index (κ1) is 30.3. The molecule has 1 saturated heterocycles. The zero-order valence-corrected chi connectivity index (χ0v) is 26.0. The van der Waals surface area contributed by atoms with Gasteiger partial charge in [-0.2, -0.15) is 0 Å². The molecule has 0 radical (unpaired) electrons. The molecule has 1 aromatic carbocycles. The molecule has 4 aliphatic rings. The fourth-order valence-electron chi connectivity index (χ4n) is 7.48. The lowest BCUT2D eigenvalue weighted by Gasteiger charge is -2.27. The van der Waals surface area contributed by atoms with E-state index < -0.39 is 53.6 Å². The summed E-state index contributed by atoms with van der Waals surface area (Å²) in [5, 5.41) is 9.32. The first-order chi connectivity index (χ1) is 22.6. The summed E-state index contributed by atoms with van der Waals surface area (Å²) in [6.07, 6.45) is 3.16. The number of nitrogens with zero attached hydrogens (tertiary/aromatic N) is 4. The van der Waals surface area contributed by atoms with Crippen LogP contribution in [-0.4, -0.2) is 62.1 Å². The summed E-state index contributed by atoms with van der Waals surface area (Å²) in [7, 11) is 0. The zero-order valence-electron chi connectivity index (χ0n) is 26.0. The van der Waals surface area contributed by atoms with E-state index in [0.29, 0.717) is 67.0 Å². The number of aryl methyl sites for hydroxylation is 1. The summed E-state index contributed by atoms with van der Waals surface area (Å²) >= 11 is 0. The second kappa shape index (κ2) is 11.3. The van der Waals surface area contributed by atoms with Gasteiger partial charge in [-0.05, 0) is 69.8 Å². The molecule has 0 unspecified atom stereocenters. The van der Waals surface area contributed by atoms with Crippen molar-refractivity contribution in [2.75, 3.05) is 13.1 Å². The SMILES string of the molecule is C[C@H]1NC(=O)[C@H]2[C@H](CCCCCn3c(-c4nc5cc(C(=O)N[C@H]6CNCC[C@@H]6F)c(F)cc5n4C4CC4)cc4ccc1nc43)C2(F)F. The van der Waals surface area contributed by atoms with Crippen LogP contribution in [0.1, 0.15) is 80.0 Å². The van der Waals surface area contributed by atoms with Crippen molar-refractivity contribution in [1.29, 1.82) is 0 Å². The lowest BCUT2D eigenvalue weighted by Crippen LogP contribution is -2.52. The number of imidazole rings is 1. The molecule has 5 heterocycles. The van der Waals surface area contributed by atoms with Crippen LogP contribution in [0.3, 0.4) is 0 Å². The normalized spacial score (nSPS) is 27.8. The Bertz CT molecular complexity index is 1900. The predicted octanol–water partition coefficient (Wildman–Crippen LogP) is 5.59. The van der Waals surface area contributed by atoms with Gasteiger partial charge in [0.05, 0.1) is 40.1 Å². The van der Waals surface area contributed by atoms with Crippen LogP contribution in [-0.2, 0) is 11.3 Å². The number of carbonyl (C=O) groups is 2. The fourth-order valence-corrected chi connectivity index (χ4v) is 7.48. The second-order valence-corrected chi connectivity index (χ2v) is 13.6. The maximum atomic E-state index is 15.6. The minimum Gasteiger partial charge on any atom is -0.348 e. The van der Waals surface area contributed by atoms with Crippen molar-refractivity contribution in [3.63, 3.8) is 0 Å². The average Bonchev–Trinajstić information content (AvgIpc) is 3.88. The highest BCUT2D eigenvalue weighted by molar-refractivity contribution is 5.98. The number of hydrogen-bond acceptors (Lipinski definition) is 5. The number of halogens is 4. The molecule has 47 heavy (non-hydrogen) atoms. The lowest BCUT2D eigenvalue weighted by molar-refractivity contribution is -0.125. The fraction of sp³-hybridized carbons (Fsp3) is 0.529. The summed E-state index contributed by atoms with van der Waals surface area (Å²) < 4.78 is 63.1. The third-order valence-electron chi connectivity index (χ3n) is 10.3. The van der Waals surface area contributed by atoms with Crippen LogP contribution in [0, 0.1) is 17.7 Å². The number of alkyl halides is 3. The molecular formula is C34H37F4N7O2. The molecule has 2 aliphatic carbocycles. The lowest BCUT2D eigenvalue weighted by atomic mass is 10.0. The predicted molar refractivity (Wildman–Crippen MR) is 167 cm³/mol. The number of benzene rings is 1. The second-order valence-electron chi connectivity index (χ2n) is 13.6. The van der Waals surface area contributed by atoms with Crippen molar-refractivity contribution >= 4 is 33.9 Å². The molecule has 3 fully saturated rings. The number of hydrogen-bond donors (Lipinski definition) is 3. The zero-order chi connectivity index (χ0) is 32.6. The number of rotatable bonds is 4. The molecule has 3 N–H and O–H groups in total. The highest BCUT2D eigenvalue weighted by atomic mass is 19.3. The highest BCUT2D eigenvalue weighted by Gasteiger charge is 2.71. The molecule has 2 bridgehead atoms. The number of nitrogens with one attached hydrogen (secondary N) is 3. The number of fused-ring (bicyclic) bond motifs is 3. The number of carbonyl (C=O) groups excluding carboxylic acids is 2. The van der Waals surface area contributed by atoms with Gasteiger partial charge < -0.3 is 25.1 Å². The Morgan fingerprint density at radius 1 is 1.06 bits per heavy atom. The van der Waals surface area contributed by atoms with Crippen molar-refractivity contribution in [1.82, 2.24) is 35.1 Å². The maximum Gasteiger partial charge on any atom is 0.263 e. The monoisotopic (exact) mass is 651 g/mol. The summed E-state index contributed by atoms with van der Waals surface area (Å²) in [6, 6.07) is 7.30.